The summed E-state index contributed by atoms with van der Waals surface area (Å²) in [6.07, 6.45) is -2.71. The fourth-order valence-corrected chi connectivity index (χ4v) is 3.35. The Morgan fingerprint density at radius 1 is 1.38 bits per heavy atom. The summed E-state index contributed by atoms with van der Waals surface area (Å²) in [4.78, 5) is 4.11. The van der Waals surface area contributed by atoms with Gasteiger partial charge in [-0.2, -0.15) is 13.2 Å². The van der Waals surface area contributed by atoms with Crippen LogP contribution in [0.2, 0.25) is 0 Å². The number of ether oxygens (including phenoxy) is 1. The van der Waals surface area contributed by atoms with E-state index in [9.17, 15) is 13.2 Å². The van der Waals surface area contributed by atoms with Gasteiger partial charge in [-0.3, -0.25) is 0 Å². The molecule has 0 bridgehead atoms. The van der Waals surface area contributed by atoms with Gasteiger partial charge in [-0.25, -0.2) is 4.98 Å². The van der Waals surface area contributed by atoms with Gasteiger partial charge >= 0.3 is 6.18 Å². The summed E-state index contributed by atoms with van der Waals surface area (Å²) in [6, 6.07) is 0.365. The molecule has 7 heteroatoms. The Bertz CT molecular complexity index is 469. The SMILES string of the molecule is CCOC(c1nc(C(F)(F)F)c(CNC2CC2)s1)C(C)C. The van der Waals surface area contributed by atoms with E-state index in [1.54, 1.807) is 0 Å². The first kappa shape index (κ1) is 16.7. The molecule has 0 aromatic carbocycles. The molecule has 21 heavy (non-hydrogen) atoms. The van der Waals surface area contributed by atoms with Gasteiger partial charge in [0.15, 0.2) is 5.69 Å². The van der Waals surface area contributed by atoms with Gasteiger partial charge in [0.1, 0.15) is 11.1 Å². The summed E-state index contributed by atoms with van der Waals surface area (Å²) in [6.45, 7) is 6.38. The lowest BCUT2D eigenvalue weighted by atomic mass is 10.1. The Morgan fingerprint density at radius 3 is 2.52 bits per heavy atom. The molecule has 0 amide bonds. The molecule has 1 atom stereocenters. The van der Waals surface area contributed by atoms with Crippen molar-refractivity contribution >= 4 is 11.3 Å². The molecule has 1 aliphatic rings. The zero-order chi connectivity index (χ0) is 15.6. The second-order valence-electron chi connectivity index (χ2n) is 5.60. The van der Waals surface area contributed by atoms with Crippen LogP contribution in [-0.2, 0) is 17.5 Å². The van der Waals surface area contributed by atoms with Crippen molar-refractivity contribution < 1.29 is 17.9 Å². The van der Waals surface area contributed by atoms with Gasteiger partial charge < -0.3 is 10.1 Å². The molecule has 1 aromatic heterocycles. The van der Waals surface area contributed by atoms with E-state index in [1.165, 1.54) is 0 Å². The van der Waals surface area contributed by atoms with E-state index in [2.05, 4.69) is 10.3 Å². The van der Waals surface area contributed by atoms with Gasteiger partial charge in [-0.15, -0.1) is 11.3 Å². The van der Waals surface area contributed by atoms with Gasteiger partial charge in [-0.1, -0.05) is 13.8 Å². The smallest absolute Gasteiger partial charge is 0.371 e. The second kappa shape index (κ2) is 6.62. The van der Waals surface area contributed by atoms with Gasteiger partial charge in [-0.05, 0) is 25.7 Å². The summed E-state index contributed by atoms with van der Waals surface area (Å²) >= 11 is 1.11. The highest BCUT2D eigenvalue weighted by Gasteiger charge is 2.39. The first-order valence-corrected chi connectivity index (χ1v) is 8.06. The van der Waals surface area contributed by atoms with Crippen molar-refractivity contribution in [2.24, 2.45) is 5.92 Å². The highest BCUT2D eigenvalue weighted by molar-refractivity contribution is 7.11. The summed E-state index contributed by atoms with van der Waals surface area (Å²) in [5.74, 6) is 0.0847. The molecule has 1 heterocycles. The molecule has 1 aliphatic carbocycles. The predicted molar refractivity (Wildman–Crippen MR) is 76.2 cm³/mol. The lowest BCUT2D eigenvalue weighted by Gasteiger charge is -2.18. The molecule has 0 radical (unpaired) electrons. The first-order valence-electron chi connectivity index (χ1n) is 7.24. The Balaban J connectivity index is 2.24. The molecular weight excluding hydrogens is 301 g/mol. The van der Waals surface area contributed by atoms with Crippen molar-refractivity contribution in [2.75, 3.05) is 6.61 Å². The van der Waals surface area contributed by atoms with Crippen LogP contribution in [0.1, 0.15) is 55.3 Å². The number of halogens is 3. The Kier molecular flexibility index (Phi) is 5.27. The average molecular weight is 322 g/mol. The van der Waals surface area contributed by atoms with Crippen molar-refractivity contribution in [3.05, 3.63) is 15.6 Å². The van der Waals surface area contributed by atoms with E-state index < -0.39 is 11.9 Å². The van der Waals surface area contributed by atoms with Crippen molar-refractivity contribution in [2.45, 2.75) is 58.5 Å². The standard InChI is InChI=1S/C14H21F3N2OS/c1-4-20-11(8(2)3)13-19-12(14(15,16)17)10(21-13)7-18-9-5-6-9/h8-9,11,18H,4-7H2,1-3H3. The minimum absolute atomic E-state index is 0.0847. The third-order valence-electron chi connectivity index (χ3n) is 3.31. The number of thiazole rings is 1. The van der Waals surface area contributed by atoms with E-state index in [1.807, 2.05) is 20.8 Å². The zero-order valence-corrected chi connectivity index (χ0v) is 13.3. The van der Waals surface area contributed by atoms with Crippen LogP contribution < -0.4 is 5.32 Å². The maximum absolute atomic E-state index is 13.1. The highest BCUT2D eigenvalue weighted by Crippen LogP contribution is 2.38. The largest absolute Gasteiger partial charge is 0.434 e. The summed E-state index contributed by atoms with van der Waals surface area (Å²) in [5, 5.41) is 3.55. The molecular formula is C14H21F3N2OS. The van der Waals surface area contributed by atoms with E-state index in [0.29, 0.717) is 17.7 Å². The number of nitrogens with one attached hydrogen (secondary N) is 1. The Labute approximate surface area is 126 Å². The molecule has 2 rings (SSSR count). The third-order valence-corrected chi connectivity index (χ3v) is 4.42. The average Bonchev–Trinajstić information content (AvgIpc) is 3.10. The van der Waals surface area contributed by atoms with Crippen LogP contribution in [0.3, 0.4) is 0 Å². The van der Waals surface area contributed by atoms with E-state index in [-0.39, 0.29) is 23.4 Å². The maximum Gasteiger partial charge on any atom is 0.434 e. The van der Waals surface area contributed by atoms with Crippen LogP contribution in [-0.4, -0.2) is 17.6 Å². The molecule has 1 unspecified atom stereocenters. The van der Waals surface area contributed by atoms with Crippen LogP contribution in [0.25, 0.3) is 0 Å². The quantitative estimate of drug-likeness (QED) is 0.819. The second-order valence-corrected chi connectivity index (χ2v) is 6.71. The fraction of sp³-hybridized carbons (Fsp3) is 0.786. The van der Waals surface area contributed by atoms with Gasteiger partial charge in [0.2, 0.25) is 0 Å². The lowest BCUT2D eigenvalue weighted by molar-refractivity contribution is -0.141. The number of hydrogen-bond acceptors (Lipinski definition) is 4. The minimum Gasteiger partial charge on any atom is -0.371 e. The van der Waals surface area contributed by atoms with Crippen LogP contribution in [0.5, 0.6) is 0 Å². The molecule has 3 nitrogen and oxygen atoms in total. The number of aromatic nitrogens is 1. The van der Waals surface area contributed by atoms with Gasteiger partial charge in [0.05, 0.1) is 4.88 Å². The van der Waals surface area contributed by atoms with Crippen molar-refractivity contribution in [3.8, 4) is 0 Å². The molecule has 1 N–H and O–H groups in total. The maximum atomic E-state index is 13.1. The van der Waals surface area contributed by atoms with E-state index in [0.717, 1.165) is 24.2 Å². The van der Waals surface area contributed by atoms with E-state index in [4.69, 9.17) is 4.74 Å². The Morgan fingerprint density at radius 2 is 2.05 bits per heavy atom. The van der Waals surface area contributed by atoms with E-state index >= 15 is 0 Å². The number of hydrogen-bond donors (Lipinski definition) is 1. The minimum atomic E-state index is -4.41. The molecule has 1 aromatic rings. The molecule has 0 aliphatic heterocycles. The zero-order valence-electron chi connectivity index (χ0n) is 12.5. The molecule has 0 spiro atoms. The highest BCUT2D eigenvalue weighted by atomic mass is 32.1. The van der Waals surface area contributed by atoms with Gasteiger partial charge in [0.25, 0.3) is 0 Å². The normalized spacial score (nSPS) is 17.5. The fourth-order valence-electron chi connectivity index (χ4n) is 2.09. The van der Waals surface area contributed by atoms with Crippen LogP contribution >= 0.6 is 11.3 Å². The molecule has 1 saturated carbocycles. The van der Waals surface area contributed by atoms with Crippen LogP contribution in [0, 0.1) is 5.92 Å². The topological polar surface area (TPSA) is 34.1 Å². The molecule has 1 fully saturated rings. The van der Waals surface area contributed by atoms with Crippen LogP contribution in [0.15, 0.2) is 0 Å². The van der Waals surface area contributed by atoms with Crippen molar-refractivity contribution in [1.29, 1.82) is 0 Å². The third kappa shape index (κ3) is 4.40. The number of alkyl halides is 3. The Hall–Kier alpha value is -0.660. The molecule has 120 valence electrons. The summed E-state index contributed by atoms with van der Waals surface area (Å²) in [5.41, 5.74) is -0.763. The lowest BCUT2D eigenvalue weighted by Crippen LogP contribution is -2.18. The van der Waals surface area contributed by atoms with Crippen molar-refractivity contribution in [3.63, 3.8) is 0 Å². The van der Waals surface area contributed by atoms with Gasteiger partial charge in [0, 0.05) is 19.2 Å². The predicted octanol–water partition coefficient (Wildman–Crippen LogP) is 4.15. The van der Waals surface area contributed by atoms with Crippen LogP contribution in [0.4, 0.5) is 13.2 Å². The summed E-state index contributed by atoms with van der Waals surface area (Å²) < 4.78 is 45.0. The first-order chi connectivity index (χ1) is 9.82. The molecule has 0 saturated heterocycles. The number of nitrogens with zero attached hydrogens (tertiary/aromatic N) is 1. The van der Waals surface area contributed by atoms with Crippen molar-refractivity contribution in [1.82, 2.24) is 10.3 Å². The number of rotatable bonds is 7. The monoisotopic (exact) mass is 322 g/mol. The summed E-state index contributed by atoms with van der Waals surface area (Å²) in [7, 11) is 0.